The van der Waals surface area contributed by atoms with E-state index in [9.17, 15) is 14.0 Å². The van der Waals surface area contributed by atoms with E-state index >= 15 is 0 Å². The van der Waals surface area contributed by atoms with Crippen LogP contribution in [0.15, 0.2) is 46.9 Å². The van der Waals surface area contributed by atoms with Gasteiger partial charge in [-0.25, -0.2) is 4.39 Å². The standard InChI is InChI=1S/C18H18BrFN2O2/c1-11-10-12(19)4-9-15(11)22-17(24)18(2,3)16(23)21-14-7-5-13(20)6-8-14/h4-10H,1-3H3,(H,21,23)(H,22,24). The number of halogens is 2. The quantitative estimate of drug-likeness (QED) is 0.752. The molecule has 0 bridgehead atoms. The molecule has 126 valence electrons. The minimum atomic E-state index is -1.30. The highest BCUT2D eigenvalue weighted by Crippen LogP contribution is 2.25. The van der Waals surface area contributed by atoms with Crippen molar-refractivity contribution in [2.75, 3.05) is 10.6 Å². The largest absolute Gasteiger partial charge is 0.325 e. The van der Waals surface area contributed by atoms with Crippen molar-refractivity contribution in [3.8, 4) is 0 Å². The highest BCUT2D eigenvalue weighted by atomic mass is 79.9. The Morgan fingerprint density at radius 2 is 1.58 bits per heavy atom. The van der Waals surface area contributed by atoms with Gasteiger partial charge in [-0.3, -0.25) is 9.59 Å². The van der Waals surface area contributed by atoms with Gasteiger partial charge in [0.25, 0.3) is 0 Å². The number of anilines is 2. The normalized spacial score (nSPS) is 11.0. The van der Waals surface area contributed by atoms with Crippen LogP contribution in [-0.4, -0.2) is 11.8 Å². The minimum absolute atomic E-state index is 0.393. The molecule has 0 aromatic heterocycles. The van der Waals surface area contributed by atoms with Gasteiger partial charge in [0.1, 0.15) is 11.2 Å². The lowest BCUT2D eigenvalue weighted by molar-refractivity contribution is -0.135. The minimum Gasteiger partial charge on any atom is -0.325 e. The van der Waals surface area contributed by atoms with Gasteiger partial charge in [-0.15, -0.1) is 0 Å². The second-order valence-electron chi connectivity index (χ2n) is 6.00. The Kier molecular flexibility index (Phi) is 5.39. The number of amides is 2. The van der Waals surface area contributed by atoms with Gasteiger partial charge >= 0.3 is 0 Å². The summed E-state index contributed by atoms with van der Waals surface area (Å²) < 4.78 is 13.8. The zero-order valence-corrected chi connectivity index (χ0v) is 15.2. The van der Waals surface area contributed by atoms with Crippen molar-refractivity contribution in [3.05, 3.63) is 58.3 Å². The van der Waals surface area contributed by atoms with Crippen molar-refractivity contribution >= 4 is 39.1 Å². The van der Waals surface area contributed by atoms with E-state index in [1.54, 1.807) is 6.07 Å². The average Bonchev–Trinajstić information content (AvgIpc) is 2.52. The molecule has 2 amide bonds. The van der Waals surface area contributed by atoms with Gasteiger partial charge in [0.05, 0.1) is 0 Å². The Labute approximate surface area is 148 Å². The van der Waals surface area contributed by atoms with Crippen LogP contribution in [0.3, 0.4) is 0 Å². The number of carbonyl (C=O) groups is 2. The third-order valence-electron chi connectivity index (χ3n) is 3.67. The topological polar surface area (TPSA) is 58.2 Å². The average molecular weight is 393 g/mol. The van der Waals surface area contributed by atoms with Gasteiger partial charge in [-0.1, -0.05) is 15.9 Å². The van der Waals surface area contributed by atoms with Crippen LogP contribution in [0.2, 0.25) is 0 Å². The molecular weight excluding hydrogens is 375 g/mol. The second-order valence-corrected chi connectivity index (χ2v) is 6.92. The Balaban J connectivity index is 2.11. The Hall–Kier alpha value is -2.21. The molecule has 0 atom stereocenters. The van der Waals surface area contributed by atoms with E-state index in [0.29, 0.717) is 11.4 Å². The van der Waals surface area contributed by atoms with Gasteiger partial charge in [0.2, 0.25) is 11.8 Å². The summed E-state index contributed by atoms with van der Waals surface area (Å²) in [5, 5.41) is 5.40. The Morgan fingerprint density at radius 3 is 2.17 bits per heavy atom. The number of rotatable bonds is 4. The smallest absolute Gasteiger partial charge is 0.239 e. The van der Waals surface area contributed by atoms with Crippen LogP contribution in [0.25, 0.3) is 0 Å². The highest BCUT2D eigenvalue weighted by Gasteiger charge is 2.36. The molecule has 2 aromatic rings. The second kappa shape index (κ2) is 7.13. The summed E-state index contributed by atoms with van der Waals surface area (Å²) in [6.45, 7) is 4.94. The monoisotopic (exact) mass is 392 g/mol. The summed E-state index contributed by atoms with van der Waals surface area (Å²) in [5.74, 6) is -1.29. The fourth-order valence-electron chi connectivity index (χ4n) is 1.97. The SMILES string of the molecule is Cc1cc(Br)ccc1NC(=O)C(C)(C)C(=O)Nc1ccc(F)cc1. The molecule has 0 heterocycles. The van der Waals surface area contributed by atoms with E-state index in [4.69, 9.17) is 0 Å². The van der Waals surface area contributed by atoms with Crippen molar-refractivity contribution in [1.82, 2.24) is 0 Å². The maximum Gasteiger partial charge on any atom is 0.239 e. The first-order valence-electron chi connectivity index (χ1n) is 7.35. The maximum atomic E-state index is 12.9. The molecule has 0 saturated heterocycles. The molecule has 2 N–H and O–H groups in total. The molecular formula is C18H18BrFN2O2. The lowest BCUT2D eigenvalue weighted by atomic mass is 9.90. The van der Waals surface area contributed by atoms with E-state index in [-0.39, 0.29) is 0 Å². The van der Waals surface area contributed by atoms with Gasteiger partial charge in [-0.05, 0) is 68.8 Å². The summed E-state index contributed by atoms with van der Waals surface area (Å²) in [6.07, 6.45) is 0. The molecule has 0 unspecified atom stereocenters. The molecule has 0 aliphatic heterocycles. The van der Waals surface area contributed by atoms with Crippen molar-refractivity contribution in [3.63, 3.8) is 0 Å². The first kappa shape index (κ1) is 18.1. The molecule has 0 fully saturated rings. The number of hydrogen-bond acceptors (Lipinski definition) is 2. The number of hydrogen-bond donors (Lipinski definition) is 2. The molecule has 4 nitrogen and oxygen atoms in total. The summed E-state index contributed by atoms with van der Waals surface area (Å²) in [4.78, 5) is 24.9. The number of carbonyl (C=O) groups excluding carboxylic acids is 2. The zero-order valence-electron chi connectivity index (χ0n) is 13.6. The number of nitrogens with one attached hydrogen (secondary N) is 2. The summed E-state index contributed by atoms with van der Waals surface area (Å²) in [7, 11) is 0. The molecule has 0 radical (unpaired) electrons. The molecule has 0 aliphatic rings. The van der Waals surface area contributed by atoms with Crippen molar-refractivity contribution in [1.29, 1.82) is 0 Å². The predicted octanol–water partition coefficient (Wildman–Crippen LogP) is 4.50. The third-order valence-corrected chi connectivity index (χ3v) is 4.17. The number of aryl methyl sites for hydroxylation is 1. The summed E-state index contributed by atoms with van der Waals surface area (Å²) in [5.41, 5.74) is 0.661. The van der Waals surface area contributed by atoms with Crippen molar-refractivity contribution in [2.24, 2.45) is 5.41 Å². The fourth-order valence-corrected chi connectivity index (χ4v) is 2.45. The van der Waals surface area contributed by atoms with Crippen LogP contribution >= 0.6 is 15.9 Å². The molecule has 0 saturated carbocycles. The van der Waals surface area contributed by atoms with Gasteiger partial charge < -0.3 is 10.6 Å². The van der Waals surface area contributed by atoms with Crippen LogP contribution in [0, 0.1) is 18.2 Å². The maximum absolute atomic E-state index is 12.9. The molecule has 2 aromatic carbocycles. The first-order valence-corrected chi connectivity index (χ1v) is 8.14. The highest BCUT2D eigenvalue weighted by molar-refractivity contribution is 9.10. The Morgan fingerprint density at radius 1 is 1.00 bits per heavy atom. The molecule has 0 aliphatic carbocycles. The van der Waals surface area contributed by atoms with Crippen LogP contribution in [0.5, 0.6) is 0 Å². The molecule has 2 rings (SSSR count). The lowest BCUT2D eigenvalue weighted by Crippen LogP contribution is -2.41. The van der Waals surface area contributed by atoms with Crippen LogP contribution in [0.1, 0.15) is 19.4 Å². The summed E-state index contributed by atoms with van der Waals surface area (Å²) >= 11 is 3.36. The third kappa shape index (κ3) is 4.20. The van der Waals surface area contributed by atoms with Gasteiger partial charge in [0, 0.05) is 15.8 Å². The van der Waals surface area contributed by atoms with Crippen molar-refractivity contribution < 1.29 is 14.0 Å². The first-order chi connectivity index (χ1) is 11.2. The zero-order chi connectivity index (χ0) is 17.9. The van der Waals surface area contributed by atoms with Crippen LogP contribution in [0.4, 0.5) is 15.8 Å². The molecule has 0 spiro atoms. The van der Waals surface area contributed by atoms with Crippen LogP contribution < -0.4 is 10.6 Å². The van der Waals surface area contributed by atoms with Crippen LogP contribution in [-0.2, 0) is 9.59 Å². The van der Waals surface area contributed by atoms with E-state index in [1.165, 1.54) is 38.1 Å². The molecule has 24 heavy (non-hydrogen) atoms. The van der Waals surface area contributed by atoms with Gasteiger partial charge in [0.15, 0.2) is 0 Å². The van der Waals surface area contributed by atoms with E-state index in [0.717, 1.165) is 10.0 Å². The lowest BCUT2D eigenvalue weighted by Gasteiger charge is -2.23. The van der Waals surface area contributed by atoms with Gasteiger partial charge in [-0.2, -0.15) is 0 Å². The molecule has 6 heteroatoms. The fraction of sp³-hybridized carbons (Fsp3) is 0.222. The van der Waals surface area contributed by atoms with E-state index in [1.807, 2.05) is 19.1 Å². The predicted molar refractivity (Wildman–Crippen MR) is 96.3 cm³/mol. The Bertz CT molecular complexity index is 773. The number of benzene rings is 2. The van der Waals surface area contributed by atoms with Crippen molar-refractivity contribution in [2.45, 2.75) is 20.8 Å². The summed E-state index contributed by atoms with van der Waals surface area (Å²) in [6, 6.07) is 10.8. The van der Waals surface area contributed by atoms with E-state index < -0.39 is 23.0 Å². The van der Waals surface area contributed by atoms with E-state index in [2.05, 4.69) is 26.6 Å².